The highest BCUT2D eigenvalue weighted by Crippen LogP contribution is 2.07. The second-order valence-corrected chi connectivity index (χ2v) is 6.02. The van der Waals surface area contributed by atoms with Crippen LogP contribution in [-0.4, -0.2) is 68.3 Å². The molecule has 1 fully saturated rings. The third-order valence-electron chi connectivity index (χ3n) is 3.52. The molecule has 7 nitrogen and oxygen atoms in total. The summed E-state index contributed by atoms with van der Waals surface area (Å²) in [5, 5.41) is 7.66. The van der Waals surface area contributed by atoms with Crippen LogP contribution in [-0.2, 0) is 11.3 Å². The summed E-state index contributed by atoms with van der Waals surface area (Å²) in [6.45, 7) is 4.85. The second-order valence-electron chi connectivity index (χ2n) is 4.99. The molecule has 0 bridgehead atoms. The molecule has 0 aliphatic carbocycles. The Balaban J connectivity index is 1.55. The summed E-state index contributed by atoms with van der Waals surface area (Å²) in [6, 6.07) is 3.81. The van der Waals surface area contributed by atoms with Crippen LogP contribution >= 0.6 is 11.3 Å². The first-order valence-electron chi connectivity index (χ1n) is 7.28. The lowest BCUT2D eigenvalue weighted by atomic mass is 10.3. The number of piperazine rings is 1. The molecule has 122 valence electrons. The number of carbonyl (C=O) groups excluding carboxylic acids is 2. The minimum atomic E-state index is -0.272. The number of ether oxygens (including phenoxy) is 1. The lowest BCUT2D eigenvalue weighted by Crippen LogP contribution is -2.50. The summed E-state index contributed by atoms with van der Waals surface area (Å²) >= 11 is 1.62. The molecule has 0 aromatic carbocycles. The van der Waals surface area contributed by atoms with Crippen molar-refractivity contribution in [2.45, 2.75) is 6.54 Å². The number of amides is 3. The maximum atomic E-state index is 11.7. The SMILES string of the molecule is COC(=O)N1CCN(CCNC(=O)NCc2cccs2)CC1. The first kappa shape index (κ1) is 16.6. The first-order chi connectivity index (χ1) is 10.7. The van der Waals surface area contributed by atoms with Gasteiger partial charge in [0.2, 0.25) is 0 Å². The number of thiophene rings is 1. The van der Waals surface area contributed by atoms with Crippen LogP contribution in [0.2, 0.25) is 0 Å². The minimum absolute atomic E-state index is 0.151. The van der Waals surface area contributed by atoms with Gasteiger partial charge in [-0.05, 0) is 11.4 Å². The number of rotatable bonds is 5. The fourth-order valence-electron chi connectivity index (χ4n) is 2.25. The van der Waals surface area contributed by atoms with E-state index in [0.29, 0.717) is 26.2 Å². The van der Waals surface area contributed by atoms with Gasteiger partial charge >= 0.3 is 12.1 Å². The fourth-order valence-corrected chi connectivity index (χ4v) is 2.90. The lowest BCUT2D eigenvalue weighted by molar-refractivity contribution is 0.0915. The summed E-state index contributed by atoms with van der Waals surface area (Å²) in [6.07, 6.45) is -0.272. The van der Waals surface area contributed by atoms with Crippen molar-refractivity contribution in [3.8, 4) is 0 Å². The van der Waals surface area contributed by atoms with Gasteiger partial charge in [-0.25, -0.2) is 9.59 Å². The van der Waals surface area contributed by atoms with Gasteiger partial charge < -0.3 is 20.3 Å². The predicted molar refractivity (Wildman–Crippen MR) is 85.0 cm³/mol. The van der Waals surface area contributed by atoms with Gasteiger partial charge in [0.25, 0.3) is 0 Å². The molecule has 2 heterocycles. The van der Waals surface area contributed by atoms with E-state index >= 15 is 0 Å². The van der Waals surface area contributed by atoms with Crippen molar-refractivity contribution in [2.24, 2.45) is 0 Å². The van der Waals surface area contributed by atoms with E-state index in [9.17, 15) is 9.59 Å². The number of urea groups is 1. The van der Waals surface area contributed by atoms with Gasteiger partial charge in [0.15, 0.2) is 0 Å². The summed E-state index contributed by atoms with van der Waals surface area (Å²) in [7, 11) is 1.40. The molecule has 1 aromatic heterocycles. The van der Waals surface area contributed by atoms with Crippen molar-refractivity contribution in [2.75, 3.05) is 46.4 Å². The normalized spacial score (nSPS) is 15.4. The summed E-state index contributed by atoms with van der Waals surface area (Å²) in [5.41, 5.74) is 0. The number of methoxy groups -OCH3 is 1. The van der Waals surface area contributed by atoms with Crippen LogP contribution in [0.5, 0.6) is 0 Å². The van der Waals surface area contributed by atoms with Crippen molar-refractivity contribution in [1.29, 1.82) is 0 Å². The first-order valence-corrected chi connectivity index (χ1v) is 8.16. The average molecular weight is 326 g/mol. The molecule has 1 aromatic rings. The Hall–Kier alpha value is -1.80. The molecule has 0 saturated carbocycles. The largest absolute Gasteiger partial charge is 0.453 e. The molecule has 1 aliphatic rings. The van der Waals surface area contributed by atoms with E-state index in [0.717, 1.165) is 24.5 Å². The van der Waals surface area contributed by atoms with Gasteiger partial charge in [0.05, 0.1) is 13.7 Å². The number of hydrogen-bond acceptors (Lipinski definition) is 5. The van der Waals surface area contributed by atoms with Crippen LogP contribution in [0.3, 0.4) is 0 Å². The van der Waals surface area contributed by atoms with E-state index in [-0.39, 0.29) is 12.1 Å². The fraction of sp³-hybridized carbons (Fsp3) is 0.571. The van der Waals surface area contributed by atoms with Crippen molar-refractivity contribution < 1.29 is 14.3 Å². The highest BCUT2D eigenvalue weighted by molar-refractivity contribution is 7.09. The van der Waals surface area contributed by atoms with Gasteiger partial charge in [-0.1, -0.05) is 6.07 Å². The summed E-state index contributed by atoms with van der Waals surface area (Å²) < 4.78 is 4.70. The Morgan fingerprint density at radius 1 is 1.27 bits per heavy atom. The smallest absolute Gasteiger partial charge is 0.409 e. The van der Waals surface area contributed by atoms with Crippen LogP contribution in [0, 0.1) is 0 Å². The van der Waals surface area contributed by atoms with E-state index in [1.807, 2.05) is 17.5 Å². The van der Waals surface area contributed by atoms with Gasteiger partial charge in [-0.15, -0.1) is 11.3 Å². The van der Waals surface area contributed by atoms with E-state index in [4.69, 9.17) is 4.74 Å². The van der Waals surface area contributed by atoms with Crippen LogP contribution in [0.15, 0.2) is 17.5 Å². The standard InChI is InChI=1S/C14H22N4O3S/c1-21-14(20)18-8-6-17(7-9-18)5-4-15-13(19)16-11-12-3-2-10-22-12/h2-3,10H,4-9,11H2,1H3,(H2,15,16,19). The highest BCUT2D eigenvalue weighted by atomic mass is 32.1. The van der Waals surface area contributed by atoms with Crippen LogP contribution < -0.4 is 10.6 Å². The van der Waals surface area contributed by atoms with Crippen molar-refractivity contribution in [3.05, 3.63) is 22.4 Å². The van der Waals surface area contributed by atoms with Gasteiger partial charge in [0.1, 0.15) is 0 Å². The molecule has 0 spiro atoms. The van der Waals surface area contributed by atoms with Crippen LogP contribution in [0.25, 0.3) is 0 Å². The molecule has 2 N–H and O–H groups in total. The summed E-state index contributed by atoms with van der Waals surface area (Å²) in [4.78, 5) is 28.1. The van der Waals surface area contributed by atoms with Crippen LogP contribution in [0.4, 0.5) is 9.59 Å². The Morgan fingerprint density at radius 3 is 2.68 bits per heavy atom. The molecule has 8 heteroatoms. The monoisotopic (exact) mass is 326 g/mol. The van der Waals surface area contributed by atoms with E-state index in [2.05, 4.69) is 15.5 Å². The highest BCUT2D eigenvalue weighted by Gasteiger charge is 2.20. The molecule has 0 radical (unpaired) electrons. The molecular weight excluding hydrogens is 304 g/mol. The van der Waals surface area contributed by atoms with Crippen LogP contribution in [0.1, 0.15) is 4.88 Å². The van der Waals surface area contributed by atoms with Gasteiger partial charge in [-0.2, -0.15) is 0 Å². The summed E-state index contributed by atoms with van der Waals surface area (Å²) in [5.74, 6) is 0. The van der Waals surface area contributed by atoms with E-state index < -0.39 is 0 Å². The average Bonchev–Trinajstić information content (AvgIpc) is 3.06. The maximum Gasteiger partial charge on any atom is 0.409 e. The Labute approximate surface area is 134 Å². The number of hydrogen-bond donors (Lipinski definition) is 2. The number of nitrogens with one attached hydrogen (secondary N) is 2. The molecule has 22 heavy (non-hydrogen) atoms. The molecular formula is C14H22N4O3S. The van der Waals surface area contributed by atoms with Gasteiger partial charge in [0, 0.05) is 44.1 Å². The minimum Gasteiger partial charge on any atom is -0.453 e. The quantitative estimate of drug-likeness (QED) is 0.844. The van der Waals surface area contributed by atoms with Crippen molar-refractivity contribution in [3.63, 3.8) is 0 Å². The zero-order chi connectivity index (χ0) is 15.8. The van der Waals surface area contributed by atoms with Crippen molar-refractivity contribution >= 4 is 23.5 Å². The third-order valence-corrected chi connectivity index (χ3v) is 4.40. The third kappa shape index (κ3) is 5.19. The van der Waals surface area contributed by atoms with E-state index in [1.165, 1.54) is 7.11 Å². The maximum absolute atomic E-state index is 11.7. The van der Waals surface area contributed by atoms with Gasteiger partial charge in [-0.3, -0.25) is 4.90 Å². The molecule has 3 amide bonds. The Morgan fingerprint density at radius 2 is 2.05 bits per heavy atom. The number of nitrogens with zero attached hydrogens (tertiary/aromatic N) is 2. The Bertz CT molecular complexity index is 472. The molecule has 0 atom stereocenters. The molecule has 1 aliphatic heterocycles. The predicted octanol–water partition coefficient (Wildman–Crippen LogP) is 0.931. The number of carbonyl (C=O) groups is 2. The molecule has 1 saturated heterocycles. The zero-order valence-electron chi connectivity index (χ0n) is 12.7. The lowest BCUT2D eigenvalue weighted by Gasteiger charge is -2.33. The molecule has 0 unspecified atom stereocenters. The Kier molecular flexibility index (Phi) is 6.47. The van der Waals surface area contributed by atoms with Crippen molar-refractivity contribution in [1.82, 2.24) is 20.4 Å². The topological polar surface area (TPSA) is 73.9 Å². The van der Waals surface area contributed by atoms with E-state index in [1.54, 1.807) is 16.2 Å². The zero-order valence-corrected chi connectivity index (χ0v) is 13.5. The second kappa shape index (κ2) is 8.60. The molecule has 2 rings (SSSR count).